The zero-order valence-corrected chi connectivity index (χ0v) is 12.4. The quantitative estimate of drug-likeness (QED) is 0.476. The molecule has 96 valence electrons. The van der Waals surface area contributed by atoms with E-state index in [0.717, 1.165) is 43.2 Å². The van der Waals surface area contributed by atoms with Gasteiger partial charge in [0.15, 0.2) is 5.78 Å². The number of ketones is 1. The maximum atomic E-state index is 12.7. The van der Waals surface area contributed by atoms with Gasteiger partial charge in [0, 0.05) is 38.1 Å². The number of aromatic nitrogens is 1. The van der Waals surface area contributed by atoms with E-state index in [1.165, 1.54) is 0 Å². The summed E-state index contributed by atoms with van der Waals surface area (Å²) >= 11 is 3.54. The zero-order valence-electron chi connectivity index (χ0n) is 10.8. The van der Waals surface area contributed by atoms with Gasteiger partial charge in [0.2, 0.25) is 0 Å². The summed E-state index contributed by atoms with van der Waals surface area (Å²) in [6.45, 7) is 2.01. The van der Waals surface area contributed by atoms with Crippen molar-refractivity contribution in [2.75, 3.05) is 0 Å². The van der Waals surface area contributed by atoms with Crippen LogP contribution in [-0.2, 0) is 0 Å². The van der Waals surface area contributed by atoms with Crippen molar-refractivity contribution in [2.24, 2.45) is 0 Å². The second-order valence-electron chi connectivity index (χ2n) is 5.06. The molecule has 1 heterocycles. The van der Waals surface area contributed by atoms with Crippen molar-refractivity contribution < 1.29 is 4.79 Å². The lowest BCUT2D eigenvalue weighted by molar-refractivity contribution is 0.104. The molecule has 20 heavy (non-hydrogen) atoms. The third-order valence-electron chi connectivity index (χ3n) is 3.76. The van der Waals surface area contributed by atoms with Gasteiger partial charge in [-0.25, -0.2) is 0 Å². The number of rotatable bonds is 0. The summed E-state index contributed by atoms with van der Waals surface area (Å²) in [5.41, 5.74) is 4.39. The molecule has 0 aliphatic heterocycles. The topological polar surface area (TPSA) is 30.0 Å². The van der Waals surface area contributed by atoms with Crippen LogP contribution in [-0.4, -0.2) is 10.8 Å². The minimum Gasteiger partial charge on any atom is -0.289 e. The molecule has 0 N–H and O–H groups in total. The Morgan fingerprint density at radius 3 is 2.60 bits per heavy atom. The zero-order chi connectivity index (χ0) is 13.9. The third kappa shape index (κ3) is 1.44. The van der Waals surface area contributed by atoms with Crippen LogP contribution in [0.4, 0.5) is 0 Å². The number of pyridine rings is 1. The molecule has 1 aliphatic carbocycles. The molecule has 2 nitrogen and oxygen atoms in total. The molecule has 0 atom stereocenters. The highest BCUT2D eigenvalue weighted by molar-refractivity contribution is 9.10. The molecule has 0 bridgehead atoms. The normalized spacial score (nSPS) is 12.6. The highest BCUT2D eigenvalue weighted by atomic mass is 79.9. The van der Waals surface area contributed by atoms with E-state index in [2.05, 4.69) is 27.0 Å². The monoisotopic (exact) mass is 323 g/mol. The molecule has 0 saturated heterocycles. The number of aryl methyl sites for hydroxylation is 1. The first kappa shape index (κ1) is 11.8. The number of carbonyl (C=O) groups is 1. The summed E-state index contributed by atoms with van der Waals surface area (Å²) in [6, 6.07) is 11.7. The minimum atomic E-state index is 0.0849. The molecule has 2 aromatic carbocycles. The second kappa shape index (κ2) is 4.00. The van der Waals surface area contributed by atoms with E-state index in [4.69, 9.17) is 0 Å². The SMILES string of the molecule is Cc1cc2c3c(ncc(Br)c3c1)-c1ccccc1C2=O. The van der Waals surface area contributed by atoms with Crippen LogP contribution in [0.1, 0.15) is 21.5 Å². The number of nitrogens with zero attached hydrogens (tertiary/aromatic N) is 1. The predicted molar refractivity (Wildman–Crippen MR) is 83.0 cm³/mol. The van der Waals surface area contributed by atoms with Crippen molar-refractivity contribution in [1.29, 1.82) is 0 Å². The average Bonchev–Trinajstić information content (AvgIpc) is 2.46. The van der Waals surface area contributed by atoms with Crippen LogP contribution in [0.15, 0.2) is 47.1 Å². The molecule has 0 fully saturated rings. The Kier molecular flexibility index (Phi) is 2.36. The molecule has 0 amide bonds. The van der Waals surface area contributed by atoms with Gasteiger partial charge in [-0.2, -0.15) is 0 Å². The van der Waals surface area contributed by atoms with Gasteiger partial charge in [-0.15, -0.1) is 0 Å². The second-order valence-corrected chi connectivity index (χ2v) is 5.92. The van der Waals surface area contributed by atoms with E-state index in [1.807, 2.05) is 43.5 Å². The fraction of sp³-hybridized carbons (Fsp3) is 0.0588. The van der Waals surface area contributed by atoms with Crippen molar-refractivity contribution >= 4 is 32.5 Å². The third-order valence-corrected chi connectivity index (χ3v) is 4.39. The van der Waals surface area contributed by atoms with Gasteiger partial charge in [-0.3, -0.25) is 9.78 Å². The van der Waals surface area contributed by atoms with Gasteiger partial charge in [-0.05, 0) is 34.5 Å². The van der Waals surface area contributed by atoms with E-state index in [-0.39, 0.29) is 5.78 Å². The summed E-state index contributed by atoms with van der Waals surface area (Å²) in [6.07, 6.45) is 1.81. The fourth-order valence-electron chi connectivity index (χ4n) is 2.90. The maximum Gasteiger partial charge on any atom is 0.194 e. The molecule has 1 aromatic heterocycles. The Morgan fingerprint density at radius 2 is 1.80 bits per heavy atom. The molecule has 3 heteroatoms. The molecule has 0 saturated carbocycles. The molecule has 1 aliphatic rings. The van der Waals surface area contributed by atoms with Gasteiger partial charge < -0.3 is 0 Å². The van der Waals surface area contributed by atoms with Gasteiger partial charge in [0.05, 0.1) is 5.69 Å². The number of benzene rings is 2. The molecular weight excluding hydrogens is 314 g/mol. The maximum absolute atomic E-state index is 12.7. The molecule has 4 rings (SSSR count). The van der Waals surface area contributed by atoms with Crippen LogP contribution in [0.2, 0.25) is 0 Å². The molecular formula is C17H10BrNO. The summed E-state index contributed by atoms with van der Waals surface area (Å²) in [5.74, 6) is 0.0849. The Morgan fingerprint density at radius 1 is 1.05 bits per heavy atom. The van der Waals surface area contributed by atoms with Gasteiger partial charge in [-0.1, -0.05) is 30.3 Å². The summed E-state index contributed by atoms with van der Waals surface area (Å²) < 4.78 is 0.924. The van der Waals surface area contributed by atoms with E-state index < -0.39 is 0 Å². The van der Waals surface area contributed by atoms with Crippen LogP contribution < -0.4 is 0 Å². The Balaban J connectivity index is 2.28. The highest BCUT2D eigenvalue weighted by Gasteiger charge is 2.26. The smallest absolute Gasteiger partial charge is 0.194 e. The number of hydrogen-bond acceptors (Lipinski definition) is 2. The lowest BCUT2D eigenvalue weighted by Gasteiger charge is -2.19. The lowest BCUT2D eigenvalue weighted by atomic mass is 9.85. The first-order valence-electron chi connectivity index (χ1n) is 6.40. The van der Waals surface area contributed by atoms with Crippen molar-refractivity contribution in [3.63, 3.8) is 0 Å². The molecule has 3 aromatic rings. The number of halogens is 1. The van der Waals surface area contributed by atoms with Gasteiger partial charge >= 0.3 is 0 Å². The first-order valence-corrected chi connectivity index (χ1v) is 7.19. The van der Waals surface area contributed by atoms with Crippen LogP contribution in [0.3, 0.4) is 0 Å². The first-order chi connectivity index (χ1) is 9.66. The van der Waals surface area contributed by atoms with Crippen molar-refractivity contribution in [1.82, 2.24) is 4.98 Å². The summed E-state index contributed by atoms with van der Waals surface area (Å²) in [4.78, 5) is 17.3. The summed E-state index contributed by atoms with van der Waals surface area (Å²) in [5, 5.41) is 2.00. The van der Waals surface area contributed by atoms with Gasteiger partial charge in [0.25, 0.3) is 0 Å². The Bertz CT molecular complexity index is 899. The number of carbonyl (C=O) groups excluding carboxylic acids is 1. The standard InChI is InChI=1S/C17H10BrNO/c1-9-6-12-14(18)8-19-16-10-4-2-3-5-11(10)17(20)13(7-9)15(12)16/h2-8H,1H3. The largest absolute Gasteiger partial charge is 0.289 e. The fourth-order valence-corrected chi connectivity index (χ4v) is 3.32. The van der Waals surface area contributed by atoms with Crippen LogP contribution in [0.25, 0.3) is 22.0 Å². The number of hydrogen-bond donors (Lipinski definition) is 0. The molecule has 0 radical (unpaired) electrons. The Labute approximate surface area is 124 Å². The number of fused-ring (bicyclic) bond motifs is 2. The van der Waals surface area contributed by atoms with E-state index in [1.54, 1.807) is 0 Å². The molecule has 0 spiro atoms. The van der Waals surface area contributed by atoms with Crippen LogP contribution in [0.5, 0.6) is 0 Å². The van der Waals surface area contributed by atoms with Gasteiger partial charge in [0.1, 0.15) is 0 Å². The van der Waals surface area contributed by atoms with E-state index in [9.17, 15) is 4.79 Å². The highest BCUT2D eigenvalue weighted by Crippen LogP contribution is 2.40. The lowest BCUT2D eigenvalue weighted by Crippen LogP contribution is -2.11. The van der Waals surface area contributed by atoms with Crippen molar-refractivity contribution in [3.05, 3.63) is 63.8 Å². The average molecular weight is 324 g/mol. The summed E-state index contributed by atoms with van der Waals surface area (Å²) in [7, 11) is 0. The predicted octanol–water partition coefficient (Wildman–Crippen LogP) is 4.52. The van der Waals surface area contributed by atoms with Crippen LogP contribution in [0, 0.1) is 6.92 Å². The van der Waals surface area contributed by atoms with E-state index in [0.29, 0.717) is 0 Å². The minimum absolute atomic E-state index is 0.0849. The van der Waals surface area contributed by atoms with Crippen molar-refractivity contribution in [3.8, 4) is 11.3 Å². The van der Waals surface area contributed by atoms with Crippen molar-refractivity contribution in [2.45, 2.75) is 6.92 Å². The van der Waals surface area contributed by atoms with Crippen LogP contribution >= 0.6 is 15.9 Å². The van der Waals surface area contributed by atoms with E-state index >= 15 is 0 Å². The molecule has 0 unspecified atom stereocenters. The Hall–Kier alpha value is -2.00.